The van der Waals surface area contributed by atoms with Crippen LogP contribution in [0.3, 0.4) is 0 Å². The second kappa shape index (κ2) is 13.4. The first-order chi connectivity index (χ1) is 20.5. The fourth-order valence-corrected chi connectivity index (χ4v) is 6.65. The van der Waals surface area contributed by atoms with Crippen LogP contribution in [0.25, 0.3) is 0 Å². The van der Waals surface area contributed by atoms with Crippen molar-refractivity contribution in [1.82, 2.24) is 14.5 Å². The summed E-state index contributed by atoms with van der Waals surface area (Å²) in [7, 11) is -0.925. The van der Waals surface area contributed by atoms with Crippen LogP contribution in [0.2, 0.25) is 0 Å². The number of esters is 2. The van der Waals surface area contributed by atoms with E-state index in [1.807, 2.05) is 4.90 Å². The summed E-state index contributed by atoms with van der Waals surface area (Å²) < 4.78 is 43.2. The molecule has 1 atom stereocenters. The zero-order valence-electron chi connectivity index (χ0n) is 24.4. The Morgan fingerprint density at radius 2 is 1.60 bits per heavy atom. The molecule has 1 saturated heterocycles. The van der Waals surface area contributed by atoms with Crippen LogP contribution < -0.4 is 10.1 Å². The van der Waals surface area contributed by atoms with Gasteiger partial charge in [-0.05, 0) is 43.7 Å². The highest BCUT2D eigenvalue weighted by molar-refractivity contribution is 7.89. The third-order valence-electron chi connectivity index (χ3n) is 7.47. The Balaban J connectivity index is 1.43. The average Bonchev–Trinajstić information content (AvgIpc) is 3.00. The van der Waals surface area contributed by atoms with Crippen molar-refractivity contribution >= 4 is 27.6 Å². The minimum absolute atomic E-state index is 0.0127. The summed E-state index contributed by atoms with van der Waals surface area (Å²) in [5, 5.41) is 14.5. The molecule has 0 saturated carbocycles. The zero-order valence-corrected chi connectivity index (χ0v) is 25.2. The van der Waals surface area contributed by atoms with Crippen molar-refractivity contribution in [3.05, 3.63) is 86.7 Å². The van der Waals surface area contributed by atoms with Gasteiger partial charge in [0.2, 0.25) is 10.0 Å². The topological polar surface area (TPSA) is 158 Å². The van der Waals surface area contributed by atoms with Crippen LogP contribution in [0, 0.1) is 10.1 Å². The highest BCUT2D eigenvalue weighted by atomic mass is 32.2. The molecule has 0 bridgehead atoms. The van der Waals surface area contributed by atoms with Crippen molar-refractivity contribution in [2.24, 2.45) is 0 Å². The van der Waals surface area contributed by atoms with E-state index in [4.69, 9.17) is 14.2 Å². The van der Waals surface area contributed by atoms with E-state index in [-0.39, 0.29) is 41.4 Å². The maximum absolute atomic E-state index is 13.5. The van der Waals surface area contributed by atoms with Crippen molar-refractivity contribution in [3.8, 4) is 5.75 Å². The Bertz CT molecular complexity index is 1560. The Morgan fingerprint density at radius 3 is 2.19 bits per heavy atom. The molecule has 1 unspecified atom stereocenters. The number of piperazine rings is 1. The quantitative estimate of drug-likeness (QED) is 0.238. The van der Waals surface area contributed by atoms with E-state index >= 15 is 0 Å². The van der Waals surface area contributed by atoms with Crippen LogP contribution in [0.5, 0.6) is 5.75 Å². The molecule has 2 heterocycles. The van der Waals surface area contributed by atoms with Gasteiger partial charge in [0.05, 0.1) is 41.1 Å². The van der Waals surface area contributed by atoms with Gasteiger partial charge in [0, 0.05) is 56.3 Å². The Morgan fingerprint density at radius 1 is 0.977 bits per heavy atom. The van der Waals surface area contributed by atoms with Crippen molar-refractivity contribution in [2.45, 2.75) is 24.7 Å². The number of nitrogens with one attached hydrogen (secondary N) is 1. The van der Waals surface area contributed by atoms with E-state index in [1.165, 1.54) is 48.9 Å². The molecule has 1 fully saturated rings. The lowest BCUT2D eigenvalue weighted by Crippen LogP contribution is -2.49. The number of dihydropyridines is 1. The van der Waals surface area contributed by atoms with E-state index in [1.54, 1.807) is 32.0 Å². The molecule has 0 aliphatic carbocycles. The number of methoxy groups -OCH3 is 2. The summed E-state index contributed by atoms with van der Waals surface area (Å²) in [6, 6.07) is 12.0. The number of carbonyl (C=O) groups is 2. The van der Waals surface area contributed by atoms with Gasteiger partial charge in [-0.3, -0.25) is 15.0 Å². The fraction of sp³-hybridized carbons (Fsp3) is 0.379. The third-order valence-corrected chi connectivity index (χ3v) is 9.38. The molecule has 0 amide bonds. The molecule has 0 spiro atoms. The molecule has 230 valence electrons. The minimum Gasteiger partial charge on any atom is -0.497 e. The van der Waals surface area contributed by atoms with Crippen molar-refractivity contribution < 1.29 is 37.1 Å². The van der Waals surface area contributed by atoms with E-state index in [2.05, 4.69) is 5.32 Å². The number of nitro benzene ring substituents is 1. The van der Waals surface area contributed by atoms with Gasteiger partial charge in [-0.2, -0.15) is 4.31 Å². The number of hydrogen-bond donors (Lipinski definition) is 1. The number of benzene rings is 2. The van der Waals surface area contributed by atoms with Gasteiger partial charge in [-0.25, -0.2) is 18.0 Å². The number of allylic oxidation sites excluding steroid dienone is 2. The lowest BCUT2D eigenvalue weighted by atomic mass is 9.80. The number of nitrogens with zero attached hydrogens (tertiary/aromatic N) is 3. The number of ether oxygens (including phenoxy) is 3. The normalized spacial score (nSPS) is 18.2. The first kappa shape index (κ1) is 31.7. The molecule has 43 heavy (non-hydrogen) atoms. The molecule has 0 aromatic heterocycles. The van der Waals surface area contributed by atoms with Gasteiger partial charge in [0.25, 0.3) is 5.69 Å². The van der Waals surface area contributed by atoms with Gasteiger partial charge in [0.15, 0.2) is 0 Å². The summed E-state index contributed by atoms with van der Waals surface area (Å²) in [4.78, 5) is 39.4. The van der Waals surface area contributed by atoms with Crippen LogP contribution in [0.1, 0.15) is 25.3 Å². The van der Waals surface area contributed by atoms with Gasteiger partial charge in [0.1, 0.15) is 12.4 Å². The third kappa shape index (κ3) is 6.87. The summed E-state index contributed by atoms with van der Waals surface area (Å²) in [5.74, 6) is -1.75. The molecular formula is C29H34N4O9S. The molecular weight excluding hydrogens is 580 g/mol. The second-order valence-corrected chi connectivity index (χ2v) is 12.0. The number of nitro groups is 1. The first-order valence-electron chi connectivity index (χ1n) is 13.5. The van der Waals surface area contributed by atoms with Crippen molar-refractivity contribution in [1.29, 1.82) is 0 Å². The average molecular weight is 615 g/mol. The summed E-state index contributed by atoms with van der Waals surface area (Å²) in [6.07, 6.45) is 0. The lowest BCUT2D eigenvalue weighted by molar-refractivity contribution is -0.384. The molecule has 1 N–H and O–H groups in total. The van der Waals surface area contributed by atoms with Crippen LogP contribution in [-0.4, -0.2) is 88.0 Å². The predicted molar refractivity (Wildman–Crippen MR) is 156 cm³/mol. The van der Waals surface area contributed by atoms with Crippen molar-refractivity contribution in [2.75, 3.05) is 53.6 Å². The maximum Gasteiger partial charge on any atom is 0.336 e. The number of carbonyl (C=O) groups excluding carboxylic acids is 2. The summed E-state index contributed by atoms with van der Waals surface area (Å²) in [6.45, 7) is 5.15. The SMILES string of the molecule is COC(=O)C1=C(C)NC(C)=C(C(=O)OCCN2CCN(S(=O)(=O)c3ccc(OC)cc3)CC2)C1c1cccc([N+](=O)[O-])c1. The summed E-state index contributed by atoms with van der Waals surface area (Å²) >= 11 is 0. The molecule has 13 nitrogen and oxygen atoms in total. The highest BCUT2D eigenvalue weighted by Crippen LogP contribution is 2.40. The molecule has 2 aromatic rings. The molecule has 0 radical (unpaired) electrons. The van der Waals surface area contributed by atoms with Gasteiger partial charge >= 0.3 is 11.9 Å². The number of hydrogen-bond acceptors (Lipinski definition) is 11. The zero-order chi connectivity index (χ0) is 31.3. The van der Waals surface area contributed by atoms with Gasteiger partial charge < -0.3 is 19.5 Å². The van der Waals surface area contributed by atoms with E-state index in [0.29, 0.717) is 42.3 Å². The fourth-order valence-electron chi connectivity index (χ4n) is 5.23. The van der Waals surface area contributed by atoms with E-state index in [0.717, 1.165) is 0 Å². The Kier molecular flexibility index (Phi) is 9.84. The molecule has 2 aromatic carbocycles. The van der Waals surface area contributed by atoms with Crippen LogP contribution in [0.15, 0.2) is 76.0 Å². The monoisotopic (exact) mass is 614 g/mol. The van der Waals surface area contributed by atoms with E-state index < -0.39 is 32.8 Å². The smallest absolute Gasteiger partial charge is 0.336 e. The number of non-ortho nitro benzene ring substituents is 1. The molecule has 14 heteroatoms. The number of sulfonamides is 1. The standard InChI is InChI=1S/C29H34N4O9S/c1-19-25(28(34)41-4)27(21-6-5-7-22(18-21)33(36)37)26(20(2)30-19)29(35)42-17-16-31-12-14-32(15-13-31)43(38,39)24-10-8-23(40-3)9-11-24/h5-11,18,27,30H,12-17H2,1-4H3. The largest absolute Gasteiger partial charge is 0.497 e. The van der Waals surface area contributed by atoms with E-state index in [9.17, 15) is 28.1 Å². The Hall–Kier alpha value is -4.27. The van der Waals surface area contributed by atoms with Gasteiger partial charge in [-0.1, -0.05) is 12.1 Å². The van der Waals surface area contributed by atoms with Crippen LogP contribution in [-0.2, 0) is 29.1 Å². The minimum atomic E-state index is -3.66. The molecule has 4 rings (SSSR count). The highest BCUT2D eigenvalue weighted by Gasteiger charge is 2.38. The summed E-state index contributed by atoms with van der Waals surface area (Å²) in [5.41, 5.74) is 1.38. The van der Waals surface area contributed by atoms with Crippen LogP contribution in [0.4, 0.5) is 5.69 Å². The van der Waals surface area contributed by atoms with Crippen molar-refractivity contribution in [3.63, 3.8) is 0 Å². The lowest BCUT2D eigenvalue weighted by Gasteiger charge is -2.34. The Labute approximate surface area is 249 Å². The molecule has 2 aliphatic heterocycles. The number of rotatable bonds is 10. The second-order valence-electron chi connectivity index (χ2n) is 10.0. The van der Waals surface area contributed by atoms with Gasteiger partial charge in [-0.15, -0.1) is 0 Å². The predicted octanol–water partition coefficient (Wildman–Crippen LogP) is 2.56. The first-order valence-corrected chi connectivity index (χ1v) is 15.0. The molecule has 2 aliphatic rings. The van der Waals surface area contributed by atoms with Crippen LogP contribution >= 0.6 is 0 Å². The maximum atomic E-state index is 13.5.